The van der Waals surface area contributed by atoms with Crippen LogP contribution < -0.4 is 52.9 Å². The predicted octanol–water partition coefficient (Wildman–Crippen LogP) is 3.00. The third kappa shape index (κ3) is 13.8. The summed E-state index contributed by atoms with van der Waals surface area (Å²) in [6, 6.07) is 14.8. The molecule has 0 unspecified atom stereocenters. The lowest BCUT2D eigenvalue weighted by Crippen LogP contribution is -3.00. The third-order valence-electron chi connectivity index (χ3n) is 9.44. The minimum atomic E-state index is -0.325. The van der Waals surface area contributed by atoms with E-state index in [1.165, 1.54) is 38.5 Å². The maximum atomic E-state index is 11.6. The molecule has 0 aliphatic carbocycles. The molecule has 0 aliphatic rings. The molecule has 0 N–H and O–H groups in total. The van der Waals surface area contributed by atoms with Crippen LogP contribution in [0, 0.1) is 34.1 Å². The number of hydrogen-bond acceptors (Lipinski definition) is 6. The third-order valence-corrected chi connectivity index (χ3v) is 9.44. The molecule has 0 bridgehead atoms. The summed E-state index contributed by atoms with van der Waals surface area (Å²) in [4.78, 5) is 26.3. The lowest BCUT2D eigenvalue weighted by molar-refractivity contribution is -0.697. The molecule has 4 rings (SSSR count). The van der Waals surface area contributed by atoms with Gasteiger partial charge in [0.2, 0.25) is 0 Å². The number of benzene rings is 2. The quantitative estimate of drug-likeness (QED) is 0.0623. The van der Waals surface area contributed by atoms with Crippen molar-refractivity contribution in [3.05, 3.63) is 127 Å². The molecule has 0 atom stereocenters. The van der Waals surface area contributed by atoms with Crippen molar-refractivity contribution in [1.29, 1.82) is 0 Å². The highest BCUT2D eigenvalue weighted by atomic mass is 79.9. The van der Waals surface area contributed by atoms with E-state index in [1.807, 2.05) is 74.4 Å². The van der Waals surface area contributed by atoms with Crippen LogP contribution in [0.3, 0.4) is 0 Å². The molecule has 10 nitrogen and oxygen atoms in total. The van der Waals surface area contributed by atoms with E-state index in [2.05, 4.69) is 59.9 Å². The average molecular weight is 867 g/mol. The minimum absolute atomic E-state index is 0. The maximum absolute atomic E-state index is 11.6. The van der Waals surface area contributed by atoms with Gasteiger partial charge in [-0.1, -0.05) is 37.8 Å². The first-order chi connectivity index (χ1) is 24.9. The zero-order valence-electron chi connectivity index (χ0n) is 32.4. The van der Waals surface area contributed by atoms with Gasteiger partial charge in [0.25, 0.3) is 11.4 Å². The Morgan fingerprint density at radius 3 is 1.19 bits per heavy atom. The number of nitro benzene ring substituents is 2. The second-order valence-corrected chi connectivity index (χ2v) is 13.9. The molecule has 0 saturated heterocycles. The zero-order chi connectivity index (χ0) is 37.6. The fraction of sp³-hybridized carbons (Fsp3) is 0.381. The van der Waals surface area contributed by atoms with Crippen molar-refractivity contribution < 1.29 is 52.9 Å². The Labute approximate surface area is 341 Å². The average Bonchev–Trinajstić information content (AvgIpc) is 3.11. The van der Waals surface area contributed by atoms with Crippen LogP contribution in [0.5, 0.6) is 0 Å². The molecule has 54 heavy (non-hydrogen) atoms. The summed E-state index contributed by atoms with van der Waals surface area (Å²) in [5, 5.41) is 23.3. The molecule has 0 aliphatic heterocycles. The van der Waals surface area contributed by atoms with E-state index in [4.69, 9.17) is 0 Å². The molecule has 2 aromatic carbocycles. The Morgan fingerprint density at radius 1 is 0.537 bits per heavy atom. The number of rotatable bonds is 19. The summed E-state index contributed by atoms with van der Waals surface area (Å²) in [7, 11) is 7.49. The number of nitrogens with zero attached hydrogens (tertiary/aromatic N) is 6. The van der Waals surface area contributed by atoms with Gasteiger partial charge in [0.1, 0.15) is 13.1 Å². The highest BCUT2D eigenvalue weighted by molar-refractivity contribution is 5.77. The number of anilines is 2. The molecule has 4 aromatic rings. The first kappa shape index (κ1) is 45.7. The Morgan fingerprint density at radius 2 is 0.870 bits per heavy atom. The van der Waals surface area contributed by atoms with Crippen molar-refractivity contribution in [2.45, 2.75) is 78.3 Å². The summed E-state index contributed by atoms with van der Waals surface area (Å²) in [6.45, 7) is 6.13. The van der Waals surface area contributed by atoms with Crippen LogP contribution in [0.1, 0.15) is 84.7 Å². The van der Waals surface area contributed by atoms with Crippen LogP contribution in [-0.4, -0.2) is 38.0 Å². The van der Waals surface area contributed by atoms with Gasteiger partial charge in [-0.05, 0) is 74.2 Å². The van der Waals surface area contributed by atoms with Crippen molar-refractivity contribution in [2.75, 3.05) is 38.0 Å². The van der Waals surface area contributed by atoms with Gasteiger partial charge in [0, 0.05) is 87.8 Å². The fourth-order valence-electron chi connectivity index (χ4n) is 6.23. The topological polar surface area (TPSA) is 101 Å². The maximum Gasteiger partial charge on any atom is 0.278 e. The number of unbranched alkanes of at least 4 members (excludes halogenated alkanes) is 7. The standard InChI is InChI=1S/C42H54N6O4.2BrH/c1-33-31-45(27-23-35(33)15-17-37-19-21-39(43(3)4)29-41(37)47(49)50)25-13-11-9-7-8-10-12-14-26-46-28-24-36(34(2)32-46)16-18-38-20-22-40(44(5)6)30-42(38)48(51)52;;/h15-24,27-32H,7-14,25-26H2,1-6H3;2*1H/q+2;;/p-2. The van der Waals surface area contributed by atoms with E-state index >= 15 is 0 Å². The van der Waals surface area contributed by atoms with E-state index in [0.717, 1.165) is 59.6 Å². The molecule has 0 spiro atoms. The van der Waals surface area contributed by atoms with Crippen LogP contribution in [0.25, 0.3) is 24.3 Å². The van der Waals surface area contributed by atoms with Crippen LogP contribution in [0.2, 0.25) is 0 Å². The Hall–Kier alpha value is -4.42. The van der Waals surface area contributed by atoms with Gasteiger partial charge in [0.15, 0.2) is 24.8 Å². The van der Waals surface area contributed by atoms with Crippen molar-refractivity contribution >= 4 is 47.1 Å². The SMILES string of the molecule is Cc1c[n+](CCCCCCCCCC[n+]2ccc(/C=C/c3ccc(N(C)C)cc3[N+](=O)[O-])c(C)c2)ccc1/C=C/c1ccc(N(C)C)cc1[N+](=O)[O-].[Br-].[Br-]. The Balaban J connectivity index is 0.00000504. The highest BCUT2D eigenvalue weighted by Crippen LogP contribution is 2.28. The van der Waals surface area contributed by atoms with Gasteiger partial charge in [-0.15, -0.1) is 0 Å². The van der Waals surface area contributed by atoms with Crippen molar-refractivity contribution in [2.24, 2.45) is 0 Å². The summed E-state index contributed by atoms with van der Waals surface area (Å²) < 4.78 is 4.47. The number of aromatic nitrogens is 2. The van der Waals surface area contributed by atoms with Crippen LogP contribution in [-0.2, 0) is 13.1 Å². The summed E-state index contributed by atoms with van der Waals surface area (Å²) in [6.07, 6.45) is 25.8. The normalized spacial score (nSPS) is 11.0. The first-order valence-corrected chi connectivity index (χ1v) is 18.2. The van der Waals surface area contributed by atoms with E-state index < -0.39 is 0 Å². The number of nitro groups is 2. The van der Waals surface area contributed by atoms with E-state index in [9.17, 15) is 20.2 Å². The second-order valence-electron chi connectivity index (χ2n) is 13.9. The number of aryl methyl sites for hydroxylation is 4. The number of pyridine rings is 2. The van der Waals surface area contributed by atoms with Gasteiger partial charge < -0.3 is 43.8 Å². The lowest BCUT2D eigenvalue weighted by Gasteiger charge is -2.12. The molecule has 0 amide bonds. The summed E-state index contributed by atoms with van der Waals surface area (Å²) in [5.74, 6) is 0. The molecule has 0 fully saturated rings. The molecule has 0 radical (unpaired) electrons. The second kappa shape index (κ2) is 22.7. The monoisotopic (exact) mass is 864 g/mol. The van der Waals surface area contributed by atoms with Crippen LogP contribution >= 0.6 is 0 Å². The smallest absolute Gasteiger partial charge is 0.278 e. The molecule has 12 heteroatoms. The van der Waals surface area contributed by atoms with Gasteiger partial charge in [-0.3, -0.25) is 20.2 Å². The van der Waals surface area contributed by atoms with Crippen molar-refractivity contribution in [3.63, 3.8) is 0 Å². The van der Waals surface area contributed by atoms with Gasteiger partial charge in [-0.25, -0.2) is 9.13 Å². The predicted molar refractivity (Wildman–Crippen MR) is 212 cm³/mol. The Kier molecular flexibility index (Phi) is 19.2. The summed E-state index contributed by atoms with van der Waals surface area (Å²) in [5.41, 5.74) is 7.40. The minimum Gasteiger partial charge on any atom is -1.00 e. The highest BCUT2D eigenvalue weighted by Gasteiger charge is 2.15. The molecule has 0 saturated carbocycles. The number of halogens is 2. The molecule has 2 aromatic heterocycles. The largest absolute Gasteiger partial charge is 1.00 e. The zero-order valence-corrected chi connectivity index (χ0v) is 35.6. The Bertz CT molecular complexity index is 1780. The van der Waals surface area contributed by atoms with Gasteiger partial charge >= 0.3 is 0 Å². The number of hydrogen-bond donors (Lipinski definition) is 0. The molecular weight excluding hydrogens is 812 g/mol. The lowest BCUT2D eigenvalue weighted by atomic mass is 10.1. The van der Waals surface area contributed by atoms with Gasteiger partial charge in [0.05, 0.1) is 21.0 Å². The molecular formula is C42H54Br2N6O4. The van der Waals surface area contributed by atoms with Crippen LogP contribution in [0.15, 0.2) is 73.3 Å². The van der Waals surface area contributed by atoms with Gasteiger partial charge in [-0.2, -0.15) is 0 Å². The summed E-state index contributed by atoms with van der Waals surface area (Å²) >= 11 is 0. The van der Waals surface area contributed by atoms with Crippen molar-refractivity contribution in [1.82, 2.24) is 0 Å². The molecule has 2 heterocycles. The molecule has 290 valence electrons. The van der Waals surface area contributed by atoms with E-state index in [0.29, 0.717) is 11.1 Å². The van der Waals surface area contributed by atoms with E-state index in [-0.39, 0.29) is 55.2 Å². The fourth-order valence-corrected chi connectivity index (χ4v) is 6.23. The van der Waals surface area contributed by atoms with Crippen LogP contribution in [0.4, 0.5) is 22.7 Å². The van der Waals surface area contributed by atoms with E-state index in [1.54, 1.807) is 24.3 Å². The van der Waals surface area contributed by atoms with Crippen molar-refractivity contribution in [3.8, 4) is 0 Å². The first-order valence-electron chi connectivity index (χ1n) is 18.2.